The Morgan fingerprint density at radius 1 is 1.32 bits per heavy atom. The Morgan fingerprint density at radius 3 is 2.68 bits per heavy atom. The van der Waals surface area contributed by atoms with Gasteiger partial charge in [0.15, 0.2) is 6.61 Å². The molecule has 1 aromatic carbocycles. The molecule has 1 saturated carbocycles. The van der Waals surface area contributed by atoms with Crippen molar-refractivity contribution in [3.8, 4) is 0 Å². The van der Waals surface area contributed by atoms with E-state index in [0.717, 1.165) is 19.3 Å². The van der Waals surface area contributed by atoms with Gasteiger partial charge in [0, 0.05) is 5.02 Å². The SMILES string of the molecule is O=C(COC(=O)C1CCC1)Nc1cc(Cl)ccc1Cl. The number of amides is 1. The molecule has 1 aromatic rings. The van der Waals surface area contributed by atoms with E-state index in [-0.39, 0.29) is 18.5 Å². The molecular formula is C13H13Cl2NO3. The predicted octanol–water partition coefficient (Wildman–Crippen LogP) is 3.28. The lowest BCUT2D eigenvalue weighted by atomic mass is 9.86. The van der Waals surface area contributed by atoms with Gasteiger partial charge in [-0.15, -0.1) is 0 Å². The van der Waals surface area contributed by atoms with Gasteiger partial charge in [-0.2, -0.15) is 0 Å². The molecule has 2 rings (SSSR count). The molecule has 102 valence electrons. The number of halogens is 2. The third-order valence-corrected chi connectivity index (χ3v) is 3.55. The first-order valence-corrected chi connectivity index (χ1v) is 6.73. The number of rotatable bonds is 4. The summed E-state index contributed by atoms with van der Waals surface area (Å²) in [5.41, 5.74) is 0.402. The van der Waals surface area contributed by atoms with E-state index in [1.165, 1.54) is 6.07 Å². The number of benzene rings is 1. The fraction of sp³-hybridized carbons (Fsp3) is 0.385. The number of nitrogens with one attached hydrogen (secondary N) is 1. The summed E-state index contributed by atoms with van der Waals surface area (Å²) in [7, 11) is 0. The summed E-state index contributed by atoms with van der Waals surface area (Å²) in [5, 5.41) is 3.39. The highest BCUT2D eigenvalue weighted by Gasteiger charge is 2.27. The van der Waals surface area contributed by atoms with E-state index in [1.807, 2.05) is 0 Å². The van der Waals surface area contributed by atoms with E-state index >= 15 is 0 Å². The summed E-state index contributed by atoms with van der Waals surface area (Å²) < 4.78 is 4.92. The molecular weight excluding hydrogens is 289 g/mol. The van der Waals surface area contributed by atoms with Gasteiger partial charge in [-0.1, -0.05) is 29.6 Å². The van der Waals surface area contributed by atoms with E-state index in [2.05, 4.69) is 5.32 Å². The van der Waals surface area contributed by atoms with Gasteiger partial charge in [0.05, 0.1) is 16.6 Å². The van der Waals surface area contributed by atoms with Gasteiger partial charge < -0.3 is 10.1 Å². The summed E-state index contributed by atoms with van der Waals surface area (Å²) in [5.74, 6) is -0.780. The number of hydrogen-bond acceptors (Lipinski definition) is 3. The Bertz CT molecular complexity index is 501. The standard InChI is InChI=1S/C13H13Cl2NO3/c14-9-4-5-10(15)11(6-9)16-12(17)7-19-13(18)8-2-1-3-8/h4-6,8H,1-3,7H2,(H,16,17). The second-order valence-electron chi connectivity index (χ2n) is 4.41. The Balaban J connectivity index is 1.83. The quantitative estimate of drug-likeness (QED) is 0.868. The zero-order chi connectivity index (χ0) is 13.8. The van der Waals surface area contributed by atoms with E-state index < -0.39 is 5.91 Å². The highest BCUT2D eigenvalue weighted by Crippen LogP contribution is 2.27. The molecule has 0 heterocycles. The van der Waals surface area contributed by atoms with Crippen molar-refractivity contribution in [1.29, 1.82) is 0 Å². The Labute approximate surface area is 121 Å². The van der Waals surface area contributed by atoms with Crippen LogP contribution in [-0.4, -0.2) is 18.5 Å². The van der Waals surface area contributed by atoms with Gasteiger partial charge >= 0.3 is 5.97 Å². The van der Waals surface area contributed by atoms with Crippen molar-refractivity contribution in [1.82, 2.24) is 0 Å². The molecule has 0 radical (unpaired) electrons. The zero-order valence-electron chi connectivity index (χ0n) is 10.1. The van der Waals surface area contributed by atoms with Crippen LogP contribution in [0.4, 0.5) is 5.69 Å². The van der Waals surface area contributed by atoms with Gasteiger partial charge in [-0.05, 0) is 31.0 Å². The number of carbonyl (C=O) groups is 2. The predicted molar refractivity (Wildman–Crippen MR) is 73.4 cm³/mol. The van der Waals surface area contributed by atoms with Crippen molar-refractivity contribution in [2.24, 2.45) is 5.92 Å². The molecule has 1 aliphatic carbocycles. The summed E-state index contributed by atoms with van der Waals surface area (Å²) >= 11 is 11.7. The van der Waals surface area contributed by atoms with E-state index in [9.17, 15) is 9.59 Å². The molecule has 0 unspecified atom stereocenters. The molecule has 19 heavy (non-hydrogen) atoms. The van der Waals surface area contributed by atoms with E-state index in [1.54, 1.807) is 12.1 Å². The first-order chi connectivity index (χ1) is 9.06. The van der Waals surface area contributed by atoms with Gasteiger partial charge in [0.1, 0.15) is 0 Å². The summed E-state index contributed by atoms with van der Waals surface area (Å²) in [4.78, 5) is 23.1. The van der Waals surface area contributed by atoms with Crippen LogP contribution in [-0.2, 0) is 14.3 Å². The van der Waals surface area contributed by atoms with Crippen molar-refractivity contribution in [3.05, 3.63) is 28.2 Å². The third-order valence-electron chi connectivity index (χ3n) is 2.99. The lowest BCUT2D eigenvalue weighted by Gasteiger charge is -2.22. The fourth-order valence-electron chi connectivity index (χ4n) is 1.68. The second kappa shape index (κ2) is 6.26. The molecule has 1 amide bonds. The first-order valence-electron chi connectivity index (χ1n) is 5.98. The number of esters is 1. The van der Waals surface area contributed by atoms with Crippen molar-refractivity contribution >= 4 is 40.8 Å². The smallest absolute Gasteiger partial charge is 0.309 e. The minimum absolute atomic E-state index is 0.0393. The highest BCUT2D eigenvalue weighted by atomic mass is 35.5. The van der Waals surface area contributed by atoms with Crippen LogP contribution in [0.5, 0.6) is 0 Å². The Morgan fingerprint density at radius 2 is 2.05 bits per heavy atom. The van der Waals surface area contributed by atoms with E-state index in [0.29, 0.717) is 15.7 Å². The molecule has 0 aromatic heterocycles. The van der Waals surface area contributed by atoms with Crippen LogP contribution in [0.25, 0.3) is 0 Å². The summed E-state index contributed by atoms with van der Waals surface area (Å²) in [6, 6.07) is 4.74. The average molecular weight is 302 g/mol. The number of carbonyl (C=O) groups excluding carboxylic acids is 2. The van der Waals surface area contributed by atoms with Crippen LogP contribution in [0.15, 0.2) is 18.2 Å². The van der Waals surface area contributed by atoms with E-state index in [4.69, 9.17) is 27.9 Å². The number of anilines is 1. The molecule has 4 nitrogen and oxygen atoms in total. The topological polar surface area (TPSA) is 55.4 Å². The largest absolute Gasteiger partial charge is 0.455 e. The summed E-state index contributed by atoms with van der Waals surface area (Å²) in [6.07, 6.45) is 2.74. The second-order valence-corrected chi connectivity index (χ2v) is 5.25. The van der Waals surface area contributed by atoms with Gasteiger partial charge in [0.2, 0.25) is 0 Å². The van der Waals surface area contributed by atoms with Crippen LogP contribution >= 0.6 is 23.2 Å². The van der Waals surface area contributed by atoms with Crippen LogP contribution in [0.1, 0.15) is 19.3 Å². The fourth-order valence-corrected chi connectivity index (χ4v) is 2.01. The minimum Gasteiger partial charge on any atom is -0.455 e. The number of hydrogen-bond donors (Lipinski definition) is 1. The molecule has 0 atom stereocenters. The average Bonchev–Trinajstić information content (AvgIpc) is 2.29. The van der Waals surface area contributed by atoms with Gasteiger partial charge in [0.25, 0.3) is 5.91 Å². The molecule has 0 spiro atoms. The molecule has 1 N–H and O–H groups in total. The molecule has 1 aliphatic rings. The Hall–Kier alpha value is -1.26. The molecule has 1 fully saturated rings. The maximum absolute atomic E-state index is 11.6. The normalized spacial score (nSPS) is 14.6. The lowest BCUT2D eigenvalue weighted by molar-refractivity contribution is -0.154. The molecule has 6 heteroatoms. The van der Waals surface area contributed by atoms with Crippen molar-refractivity contribution in [2.75, 3.05) is 11.9 Å². The van der Waals surface area contributed by atoms with Crippen molar-refractivity contribution < 1.29 is 14.3 Å². The highest BCUT2D eigenvalue weighted by molar-refractivity contribution is 6.35. The van der Waals surface area contributed by atoms with Crippen molar-refractivity contribution in [2.45, 2.75) is 19.3 Å². The maximum atomic E-state index is 11.6. The Kier molecular flexibility index (Phi) is 4.66. The maximum Gasteiger partial charge on any atom is 0.309 e. The zero-order valence-corrected chi connectivity index (χ0v) is 11.6. The first kappa shape index (κ1) is 14.2. The van der Waals surface area contributed by atoms with Crippen LogP contribution in [0.3, 0.4) is 0 Å². The minimum atomic E-state index is -0.433. The van der Waals surface area contributed by atoms with Crippen LogP contribution in [0.2, 0.25) is 10.0 Å². The molecule has 0 saturated heterocycles. The van der Waals surface area contributed by atoms with Gasteiger partial charge in [-0.25, -0.2) is 0 Å². The van der Waals surface area contributed by atoms with Crippen molar-refractivity contribution in [3.63, 3.8) is 0 Å². The van der Waals surface area contributed by atoms with Gasteiger partial charge in [-0.3, -0.25) is 9.59 Å². The monoisotopic (exact) mass is 301 g/mol. The van der Waals surface area contributed by atoms with Crippen LogP contribution < -0.4 is 5.32 Å². The molecule has 0 bridgehead atoms. The summed E-state index contributed by atoms with van der Waals surface area (Å²) in [6.45, 7) is -0.307. The lowest BCUT2D eigenvalue weighted by Crippen LogP contribution is -2.28. The molecule has 0 aliphatic heterocycles. The third kappa shape index (κ3) is 3.85. The van der Waals surface area contributed by atoms with Crippen LogP contribution in [0, 0.1) is 5.92 Å². The number of ether oxygens (including phenoxy) is 1.